The molecule has 1 saturated carbocycles. The van der Waals surface area contributed by atoms with Crippen molar-refractivity contribution >= 4 is 23.4 Å². The van der Waals surface area contributed by atoms with Crippen LogP contribution in [0.15, 0.2) is 24.3 Å². The summed E-state index contributed by atoms with van der Waals surface area (Å²) in [5.74, 6) is -0.819. The lowest BCUT2D eigenvalue weighted by Gasteiger charge is -2.30. The molecule has 2 rings (SSSR count). The molecule has 1 aromatic rings. The number of carbonyl (C=O) groups is 3. The molecule has 0 spiro atoms. The Morgan fingerprint density at radius 1 is 1.08 bits per heavy atom. The Morgan fingerprint density at radius 2 is 1.67 bits per heavy atom. The van der Waals surface area contributed by atoms with Crippen LogP contribution in [0, 0.1) is 6.92 Å². The lowest BCUT2D eigenvalue weighted by molar-refractivity contribution is -0.132. The van der Waals surface area contributed by atoms with Crippen molar-refractivity contribution in [2.24, 2.45) is 0 Å². The maximum absolute atomic E-state index is 12.8. The molecule has 3 N–H and O–H groups in total. The van der Waals surface area contributed by atoms with Gasteiger partial charge < -0.3 is 16.0 Å². The van der Waals surface area contributed by atoms with E-state index in [0.29, 0.717) is 18.5 Å². The minimum atomic E-state index is -0.908. The number of aryl methyl sites for hydroxylation is 1. The van der Waals surface area contributed by atoms with Crippen LogP contribution in [-0.2, 0) is 14.4 Å². The van der Waals surface area contributed by atoms with Gasteiger partial charge in [0.1, 0.15) is 11.6 Å². The molecule has 0 aromatic heterocycles. The number of anilines is 1. The van der Waals surface area contributed by atoms with Crippen molar-refractivity contribution < 1.29 is 14.4 Å². The molecule has 6 nitrogen and oxygen atoms in total. The van der Waals surface area contributed by atoms with E-state index in [1.165, 1.54) is 6.92 Å². The van der Waals surface area contributed by atoms with E-state index in [9.17, 15) is 14.4 Å². The molecular formula is C18H25N3O3. The van der Waals surface area contributed by atoms with Crippen LogP contribution < -0.4 is 16.0 Å². The molecule has 1 fully saturated rings. The van der Waals surface area contributed by atoms with Crippen LogP contribution >= 0.6 is 0 Å². The summed E-state index contributed by atoms with van der Waals surface area (Å²) in [7, 11) is 0. The van der Waals surface area contributed by atoms with Crippen LogP contribution in [-0.4, -0.2) is 29.3 Å². The summed E-state index contributed by atoms with van der Waals surface area (Å²) < 4.78 is 0. The first-order valence-corrected chi connectivity index (χ1v) is 8.30. The Labute approximate surface area is 142 Å². The number of hydrogen-bond donors (Lipinski definition) is 3. The van der Waals surface area contributed by atoms with Gasteiger partial charge in [-0.15, -0.1) is 0 Å². The molecule has 130 valence electrons. The fraction of sp³-hybridized carbons (Fsp3) is 0.500. The van der Waals surface area contributed by atoms with Crippen molar-refractivity contribution in [3.63, 3.8) is 0 Å². The van der Waals surface area contributed by atoms with E-state index >= 15 is 0 Å². The van der Waals surface area contributed by atoms with Crippen molar-refractivity contribution in [3.8, 4) is 0 Å². The smallest absolute Gasteiger partial charge is 0.250 e. The van der Waals surface area contributed by atoms with Crippen LogP contribution in [0.4, 0.5) is 5.69 Å². The molecule has 3 amide bonds. The zero-order valence-electron chi connectivity index (χ0n) is 14.4. The van der Waals surface area contributed by atoms with Gasteiger partial charge in [0.05, 0.1) is 0 Å². The van der Waals surface area contributed by atoms with Crippen molar-refractivity contribution in [3.05, 3.63) is 29.8 Å². The zero-order valence-corrected chi connectivity index (χ0v) is 14.4. The molecule has 1 aromatic carbocycles. The zero-order chi connectivity index (χ0) is 17.7. The SMILES string of the molecule is CC(=O)NC(C)C(=O)NC1(C(=O)Nc2ccc(C)cc2)CCCC1. The van der Waals surface area contributed by atoms with Gasteiger partial charge in [0.15, 0.2) is 0 Å². The average Bonchev–Trinajstić information content (AvgIpc) is 2.98. The van der Waals surface area contributed by atoms with Crippen molar-refractivity contribution in [2.75, 3.05) is 5.32 Å². The molecule has 1 aliphatic carbocycles. The van der Waals surface area contributed by atoms with Gasteiger partial charge in [-0.05, 0) is 38.8 Å². The van der Waals surface area contributed by atoms with Gasteiger partial charge in [-0.2, -0.15) is 0 Å². The predicted octanol–water partition coefficient (Wildman–Crippen LogP) is 1.89. The monoisotopic (exact) mass is 331 g/mol. The van der Waals surface area contributed by atoms with Gasteiger partial charge in [-0.3, -0.25) is 14.4 Å². The molecule has 0 aliphatic heterocycles. The van der Waals surface area contributed by atoms with Gasteiger partial charge in [-0.25, -0.2) is 0 Å². The van der Waals surface area contributed by atoms with Crippen molar-refractivity contribution in [1.82, 2.24) is 10.6 Å². The number of amides is 3. The molecule has 24 heavy (non-hydrogen) atoms. The third kappa shape index (κ3) is 4.34. The normalized spacial score (nSPS) is 17.0. The Balaban J connectivity index is 2.09. The Hall–Kier alpha value is -2.37. The summed E-state index contributed by atoms with van der Waals surface area (Å²) >= 11 is 0. The van der Waals surface area contributed by atoms with Gasteiger partial charge in [-0.1, -0.05) is 30.5 Å². The summed E-state index contributed by atoms with van der Waals surface area (Å²) in [5, 5.41) is 8.31. The van der Waals surface area contributed by atoms with E-state index in [1.54, 1.807) is 6.92 Å². The minimum absolute atomic E-state index is 0.202. The largest absolute Gasteiger partial charge is 0.345 e. The van der Waals surface area contributed by atoms with E-state index in [-0.39, 0.29) is 17.7 Å². The number of nitrogens with one attached hydrogen (secondary N) is 3. The molecule has 1 atom stereocenters. The number of rotatable bonds is 5. The maximum atomic E-state index is 12.8. The third-order valence-corrected chi connectivity index (χ3v) is 4.38. The maximum Gasteiger partial charge on any atom is 0.250 e. The molecular weight excluding hydrogens is 306 g/mol. The Morgan fingerprint density at radius 3 is 2.21 bits per heavy atom. The third-order valence-electron chi connectivity index (χ3n) is 4.38. The highest BCUT2D eigenvalue weighted by molar-refractivity contribution is 6.01. The number of carbonyl (C=O) groups excluding carboxylic acids is 3. The standard InChI is InChI=1S/C18H25N3O3/c1-12-6-8-15(9-7-12)20-17(24)18(10-4-5-11-18)21-16(23)13(2)19-14(3)22/h6-9,13H,4-5,10-11H2,1-3H3,(H,19,22)(H,20,24)(H,21,23). The molecule has 1 unspecified atom stereocenters. The van der Waals surface area contributed by atoms with Crippen LogP contribution in [0.5, 0.6) is 0 Å². The second kappa shape index (κ2) is 7.47. The van der Waals surface area contributed by atoms with Gasteiger partial charge in [0.2, 0.25) is 17.7 Å². The van der Waals surface area contributed by atoms with Crippen molar-refractivity contribution in [2.45, 2.75) is 58.0 Å². The van der Waals surface area contributed by atoms with Crippen LogP contribution in [0.3, 0.4) is 0 Å². The first kappa shape index (κ1) is 18.0. The van der Waals surface area contributed by atoms with E-state index in [0.717, 1.165) is 18.4 Å². The molecule has 1 aliphatic rings. The highest BCUT2D eigenvalue weighted by atomic mass is 16.2. The van der Waals surface area contributed by atoms with Gasteiger partial charge in [0, 0.05) is 12.6 Å². The topological polar surface area (TPSA) is 87.3 Å². The fourth-order valence-corrected chi connectivity index (χ4v) is 2.99. The fourth-order valence-electron chi connectivity index (χ4n) is 2.99. The van der Waals surface area contributed by atoms with Crippen molar-refractivity contribution in [1.29, 1.82) is 0 Å². The quantitative estimate of drug-likeness (QED) is 0.770. The minimum Gasteiger partial charge on any atom is -0.345 e. The molecule has 0 radical (unpaired) electrons. The lowest BCUT2D eigenvalue weighted by atomic mass is 9.95. The van der Waals surface area contributed by atoms with E-state index < -0.39 is 11.6 Å². The van der Waals surface area contributed by atoms with E-state index in [4.69, 9.17) is 0 Å². The number of benzene rings is 1. The summed E-state index contributed by atoms with van der Waals surface area (Å²) in [6.07, 6.45) is 2.97. The molecule has 0 heterocycles. The second-order valence-electron chi connectivity index (χ2n) is 6.52. The average molecular weight is 331 g/mol. The predicted molar refractivity (Wildman–Crippen MR) is 92.4 cm³/mol. The van der Waals surface area contributed by atoms with Crippen LogP contribution in [0.2, 0.25) is 0 Å². The molecule has 6 heteroatoms. The van der Waals surface area contributed by atoms with Gasteiger partial charge in [0.25, 0.3) is 0 Å². The first-order valence-electron chi connectivity index (χ1n) is 8.30. The molecule has 0 saturated heterocycles. The highest BCUT2D eigenvalue weighted by Crippen LogP contribution is 2.31. The highest BCUT2D eigenvalue weighted by Gasteiger charge is 2.43. The summed E-state index contributed by atoms with van der Waals surface area (Å²) in [5.41, 5.74) is 0.913. The van der Waals surface area contributed by atoms with E-state index in [2.05, 4.69) is 16.0 Å². The first-order chi connectivity index (χ1) is 11.3. The lowest BCUT2D eigenvalue weighted by Crippen LogP contribution is -2.58. The number of hydrogen-bond acceptors (Lipinski definition) is 3. The van der Waals surface area contributed by atoms with E-state index in [1.807, 2.05) is 31.2 Å². The summed E-state index contributed by atoms with van der Waals surface area (Å²) in [6.45, 7) is 4.95. The molecule has 0 bridgehead atoms. The second-order valence-corrected chi connectivity index (χ2v) is 6.52. The Bertz CT molecular complexity index is 619. The van der Waals surface area contributed by atoms with Gasteiger partial charge >= 0.3 is 0 Å². The van der Waals surface area contributed by atoms with Crippen LogP contribution in [0.1, 0.15) is 45.1 Å². The summed E-state index contributed by atoms with van der Waals surface area (Å²) in [6, 6.07) is 6.87. The Kier molecular flexibility index (Phi) is 5.59. The van der Waals surface area contributed by atoms with Crippen LogP contribution in [0.25, 0.3) is 0 Å². The summed E-state index contributed by atoms with van der Waals surface area (Å²) in [4.78, 5) is 36.2.